The van der Waals surface area contributed by atoms with E-state index in [0.717, 1.165) is 0 Å². The number of esters is 1. The molecule has 1 atom stereocenters. The highest BCUT2D eigenvalue weighted by Gasteiger charge is 2.14. The molecule has 0 saturated heterocycles. The zero-order chi connectivity index (χ0) is 11.3. The average Bonchev–Trinajstić information content (AvgIpc) is 2.77. The van der Waals surface area contributed by atoms with E-state index in [9.17, 15) is 9.59 Å². The number of thiophene rings is 1. The van der Waals surface area contributed by atoms with Gasteiger partial charge in [-0.05, 0) is 11.4 Å². The van der Waals surface area contributed by atoms with Gasteiger partial charge in [0.1, 0.15) is 0 Å². The van der Waals surface area contributed by atoms with Crippen LogP contribution in [0.3, 0.4) is 0 Å². The van der Waals surface area contributed by atoms with E-state index in [4.69, 9.17) is 0 Å². The molecule has 1 aromatic rings. The number of amides is 1. The number of carbonyl (C=O) groups is 2. The monoisotopic (exact) mass is 227 g/mol. The van der Waals surface area contributed by atoms with Crippen molar-refractivity contribution in [1.29, 1.82) is 0 Å². The lowest BCUT2D eigenvalue weighted by Gasteiger charge is -2.09. The first-order valence-corrected chi connectivity index (χ1v) is 5.42. The second kappa shape index (κ2) is 5.50. The zero-order valence-electron chi connectivity index (χ0n) is 8.65. The molecule has 0 aliphatic heterocycles. The van der Waals surface area contributed by atoms with Crippen LogP contribution < -0.4 is 5.32 Å². The Morgan fingerprint density at radius 2 is 2.33 bits per heavy atom. The van der Waals surface area contributed by atoms with Gasteiger partial charge in [-0.15, -0.1) is 11.3 Å². The fourth-order valence-electron chi connectivity index (χ4n) is 1.03. The van der Waals surface area contributed by atoms with Crippen molar-refractivity contribution in [2.24, 2.45) is 5.92 Å². The largest absolute Gasteiger partial charge is 0.469 e. The van der Waals surface area contributed by atoms with Crippen molar-refractivity contribution < 1.29 is 14.3 Å². The summed E-state index contributed by atoms with van der Waals surface area (Å²) >= 11 is 1.37. The SMILES string of the molecule is COC(=O)[C@@H](C)CNC(=O)c1cccs1. The number of methoxy groups -OCH3 is 1. The number of nitrogens with one attached hydrogen (secondary N) is 1. The van der Waals surface area contributed by atoms with Crippen molar-refractivity contribution in [3.8, 4) is 0 Å². The normalized spacial score (nSPS) is 11.9. The molecule has 0 bridgehead atoms. The summed E-state index contributed by atoms with van der Waals surface area (Å²) in [5, 5.41) is 4.50. The lowest BCUT2D eigenvalue weighted by atomic mass is 10.2. The third-order valence-corrected chi connectivity index (χ3v) is 2.79. The summed E-state index contributed by atoms with van der Waals surface area (Å²) in [7, 11) is 1.33. The first-order valence-electron chi connectivity index (χ1n) is 4.54. The molecule has 0 aliphatic rings. The Morgan fingerprint density at radius 1 is 1.60 bits per heavy atom. The number of carbonyl (C=O) groups excluding carboxylic acids is 2. The number of rotatable bonds is 4. The van der Waals surface area contributed by atoms with Crippen LogP contribution in [0.1, 0.15) is 16.6 Å². The molecular formula is C10H13NO3S. The summed E-state index contributed by atoms with van der Waals surface area (Å²) in [6, 6.07) is 3.55. The minimum atomic E-state index is -0.320. The van der Waals surface area contributed by atoms with Crippen LogP contribution in [0.25, 0.3) is 0 Å². The van der Waals surface area contributed by atoms with Gasteiger partial charge >= 0.3 is 5.97 Å². The van der Waals surface area contributed by atoms with Gasteiger partial charge in [0, 0.05) is 6.54 Å². The molecule has 0 unspecified atom stereocenters. The lowest BCUT2D eigenvalue weighted by Crippen LogP contribution is -2.31. The van der Waals surface area contributed by atoms with Crippen LogP contribution >= 0.6 is 11.3 Å². The van der Waals surface area contributed by atoms with Crippen LogP contribution in [0.4, 0.5) is 0 Å². The summed E-state index contributed by atoms with van der Waals surface area (Å²) in [5.74, 6) is -0.791. The third kappa shape index (κ3) is 3.36. The number of ether oxygens (including phenoxy) is 1. The molecule has 5 heteroatoms. The maximum Gasteiger partial charge on any atom is 0.310 e. The fourth-order valence-corrected chi connectivity index (χ4v) is 1.67. The summed E-state index contributed by atoms with van der Waals surface area (Å²) < 4.78 is 4.55. The fraction of sp³-hybridized carbons (Fsp3) is 0.400. The van der Waals surface area contributed by atoms with Gasteiger partial charge in [-0.25, -0.2) is 0 Å². The molecular weight excluding hydrogens is 214 g/mol. The minimum Gasteiger partial charge on any atom is -0.469 e. The predicted octanol–water partition coefficient (Wildman–Crippen LogP) is 1.29. The Hall–Kier alpha value is -1.36. The summed E-state index contributed by atoms with van der Waals surface area (Å²) in [6.07, 6.45) is 0. The van der Waals surface area contributed by atoms with Gasteiger partial charge in [0.05, 0.1) is 17.9 Å². The Bertz CT molecular complexity index is 334. The Kier molecular flexibility index (Phi) is 4.30. The minimum absolute atomic E-state index is 0.152. The predicted molar refractivity (Wildman–Crippen MR) is 57.8 cm³/mol. The first kappa shape index (κ1) is 11.7. The summed E-state index contributed by atoms with van der Waals surface area (Å²) in [4.78, 5) is 23.2. The van der Waals surface area contributed by atoms with Gasteiger partial charge in [-0.2, -0.15) is 0 Å². The summed E-state index contributed by atoms with van der Waals surface area (Å²) in [5.41, 5.74) is 0. The second-order valence-electron chi connectivity index (χ2n) is 3.11. The maximum atomic E-state index is 11.5. The molecule has 0 aliphatic carbocycles. The first-order chi connectivity index (χ1) is 7.15. The Morgan fingerprint density at radius 3 is 2.87 bits per heavy atom. The van der Waals surface area contributed by atoms with Crippen molar-refractivity contribution in [1.82, 2.24) is 5.32 Å². The van der Waals surface area contributed by atoms with E-state index in [1.807, 2.05) is 11.4 Å². The van der Waals surface area contributed by atoms with Crippen molar-refractivity contribution in [3.63, 3.8) is 0 Å². The second-order valence-corrected chi connectivity index (χ2v) is 4.06. The van der Waals surface area contributed by atoms with E-state index in [0.29, 0.717) is 11.4 Å². The topological polar surface area (TPSA) is 55.4 Å². The van der Waals surface area contributed by atoms with Crippen molar-refractivity contribution in [2.75, 3.05) is 13.7 Å². The molecule has 1 rings (SSSR count). The Balaban J connectivity index is 2.38. The molecule has 0 spiro atoms. The molecule has 0 aromatic carbocycles. The summed E-state index contributed by atoms with van der Waals surface area (Å²) in [6.45, 7) is 2.00. The van der Waals surface area contributed by atoms with Crippen LogP contribution in [-0.2, 0) is 9.53 Å². The highest BCUT2D eigenvalue weighted by atomic mass is 32.1. The van der Waals surface area contributed by atoms with Crippen molar-refractivity contribution in [2.45, 2.75) is 6.92 Å². The van der Waals surface area contributed by atoms with Crippen LogP contribution in [0, 0.1) is 5.92 Å². The van der Waals surface area contributed by atoms with Crippen LogP contribution in [-0.4, -0.2) is 25.5 Å². The number of hydrogen-bond donors (Lipinski definition) is 1. The van der Waals surface area contributed by atoms with E-state index in [2.05, 4.69) is 10.1 Å². The standard InChI is InChI=1S/C10H13NO3S/c1-7(10(13)14-2)6-11-9(12)8-4-3-5-15-8/h3-5,7H,6H2,1-2H3,(H,11,12)/t7-/m0/s1. The molecule has 4 nitrogen and oxygen atoms in total. The quantitative estimate of drug-likeness (QED) is 0.788. The average molecular weight is 227 g/mol. The number of hydrogen-bond acceptors (Lipinski definition) is 4. The lowest BCUT2D eigenvalue weighted by molar-refractivity contribution is -0.144. The van der Waals surface area contributed by atoms with E-state index >= 15 is 0 Å². The van der Waals surface area contributed by atoms with Gasteiger partial charge in [0.2, 0.25) is 0 Å². The smallest absolute Gasteiger partial charge is 0.310 e. The van der Waals surface area contributed by atoms with Gasteiger partial charge in [0.15, 0.2) is 0 Å². The Labute approximate surface area is 92.2 Å². The van der Waals surface area contributed by atoms with Gasteiger partial charge < -0.3 is 10.1 Å². The van der Waals surface area contributed by atoms with Gasteiger partial charge in [-0.1, -0.05) is 13.0 Å². The molecule has 1 amide bonds. The molecule has 0 saturated carbocycles. The van der Waals surface area contributed by atoms with Crippen LogP contribution in [0.5, 0.6) is 0 Å². The molecule has 82 valence electrons. The van der Waals surface area contributed by atoms with Crippen molar-refractivity contribution in [3.05, 3.63) is 22.4 Å². The molecule has 1 aromatic heterocycles. The van der Waals surface area contributed by atoms with E-state index in [1.165, 1.54) is 18.4 Å². The molecule has 1 heterocycles. The zero-order valence-corrected chi connectivity index (χ0v) is 9.47. The van der Waals surface area contributed by atoms with E-state index in [1.54, 1.807) is 13.0 Å². The molecule has 1 N–H and O–H groups in total. The van der Waals surface area contributed by atoms with Gasteiger partial charge in [-0.3, -0.25) is 9.59 Å². The van der Waals surface area contributed by atoms with E-state index < -0.39 is 0 Å². The highest BCUT2D eigenvalue weighted by Crippen LogP contribution is 2.08. The van der Waals surface area contributed by atoms with Gasteiger partial charge in [0.25, 0.3) is 5.91 Å². The third-order valence-electron chi connectivity index (χ3n) is 1.92. The maximum absolute atomic E-state index is 11.5. The molecule has 15 heavy (non-hydrogen) atoms. The molecule has 0 fully saturated rings. The van der Waals surface area contributed by atoms with Crippen LogP contribution in [0.15, 0.2) is 17.5 Å². The van der Waals surface area contributed by atoms with E-state index in [-0.39, 0.29) is 17.8 Å². The highest BCUT2D eigenvalue weighted by molar-refractivity contribution is 7.12. The molecule has 0 radical (unpaired) electrons. The van der Waals surface area contributed by atoms with Crippen LogP contribution in [0.2, 0.25) is 0 Å². The van der Waals surface area contributed by atoms with Crippen molar-refractivity contribution >= 4 is 23.2 Å².